The van der Waals surface area contributed by atoms with Gasteiger partial charge in [0.05, 0.1) is 101 Å². The first-order valence-electron chi connectivity index (χ1n) is 33.3. The van der Waals surface area contributed by atoms with Crippen molar-refractivity contribution in [2.75, 3.05) is 0 Å². The fraction of sp³-hybridized carbons (Fsp3) is 0. The molecular formula is C90H54N10. The molecule has 10 nitrogen and oxygen atoms in total. The number of nitrogens with zero attached hydrogens (tertiary/aromatic N) is 10. The van der Waals surface area contributed by atoms with E-state index < -0.39 is 0 Å². The van der Waals surface area contributed by atoms with Gasteiger partial charge < -0.3 is 0 Å². The van der Waals surface area contributed by atoms with E-state index >= 15 is 0 Å². The van der Waals surface area contributed by atoms with Crippen LogP contribution in [0.1, 0.15) is 0 Å². The maximum absolute atomic E-state index is 5.20. The zero-order valence-electron chi connectivity index (χ0n) is 53.6. The molecule has 10 aromatic carbocycles. The first-order valence-corrected chi connectivity index (χ1v) is 33.3. The molecule has 0 N–H and O–H groups in total. The molecule has 0 aliphatic carbocycles. The van der Waals surface area contributed by atoms with E-state index in [0.29, 0.717) is 0 Å². The molecule has 10 aromatic heterocycles. The molecule has 20 rings (SSSR count). The van der Waals surface area contributed by atoms with Crippen LogP contribution in [0.2, 0.25) is 0 Å². The van der Waals surface area contributed by atoms with Crippen LogP contribution < -0.4 is 0 Å². The minimum absolute atomic E-state index is 0.789. The Labute approximate surface area is 573 Å². The third-order valence-corrected chi connectivity index (χ3v) is 19.0. The summed E-state index contributed by atoms with van der Waals surface area (Å²) in [5, 5.41) is 10.7. The average Bonchev–Trinajstić information content (AvgIpc) is 0.758. The molecule has 0 atom stereocenters. The number of hydrogen-bond donors (Lipinski definition) is 0. The highest BCUT2D eigenvalue weighted by Gasteiger charge is 2.19. The number of hydrogen-bond acceptors (Lipinski definition) is 10. The van der Waals surface area contributed by atoms with Crippen molar-refractivity contribution in [3.8, 4) is 90.1 Å². The summed E-state index contributed by atoms with van der Waals surface area (Å²) in [5.74, 6) is 0. The lowest BCUT2D eigenvalue weighted by Gasteiger charge is -2.13. The van der Waals surface area contributed by atoms with Crippen molar-refractivity contribution < 1.29 is 0 Å². The van der Waals surface area contributed by atoms with Crippen LogP contribution in [-0.2, 0) is 0 Å². The number of fused-ring (bicyclic) bond motifs is 14. The number of aromatic nitrogens is 10. The smallest absolute Gasteiger partial charge is 0.0978 e. The predicted molar refractivity (Wildman–Crippen MR) is 409 cm³/mol. The van der Waals surface area contributed by atoms with Gasteiger partial charge in [0.2, 0.25) is 0 Å². The van der Waals surface area contributed by atoms with Crippen LogP contribution in [0.3, 0.4) is 0 Å². The van der Waals surface area contributed by atoms with Crippen LogP contribution in [0, 0.1) is 0 Å². The molecule has 464 valence electrons. The zero-order valence-corrected chi connectivity index (χ0v) is 53.6. The Morgan fingerprint density at radius 1 is 0.150 bits per heavy atom. The van der Waals surface area contributed by atoms with Crippen LogP contribution in [0.15, 0.2) is 328 Å². The Morgan fingerprint density at radius 3 is 0.750 bits per heavy atom. The number of benzene rings is 10. The third kappa shape index (κ3) is 10.3. The lowest BCUT2D eigenvalue weighted by atomic mass is 9.95. The summed E-state index contributed by atoms with van der Waals surface area (Å²) >= 11 is 0. The van der Waals surface area contributed by atoms with Gasteiger partial charge in [-0.2, -0.15) is 0 Å². The van der Waals surface area contributed by atoms with Crippen molar-refractivity contribution in [1.82, 2.24) is 49.8 Å². The van der Waals surface area contributed by atoms with E-state index in [4.69, 9.17) is 49.8 Å². The Kier molecular flexibility index (Phi) is 14.0. The summed E-state index contributed by atoms with van der Waals surface area (Å²) in [7, 11) is 0. The van der Waals surface area contributed by atoms with Crippen molar-refractivity contribution >= 4 is 109 Å². The van der Waals surface area contributed by atoms with Gasteiger partial charge in [-0.3, -0.25) is 9.97 Å². The standard InChI is InChI=1S/2C45H27N5/c1-3-9-28(10-4-1)36-23-18-30-15-16-31-20-26-40(50-43(31)42(30)47-36)39-25-21-33(27-46-39)37-24-19-32-17-22-35-41(29-11-5-2-6-12-29)34-13-7-8-14-38(34)49-45(35)44(32)48-37;1-3-9-28(10-4-1)36-23-18-30-15-16-31-19-24-37(48-43(31)42(30)47-36)33-21-25-39(46-27-33)40-26-20-32-17-22-35-41(29-11-5-2-6-12-29)34-13-7-8-14-38(34)49-45(35)44(32)50-40/h2*1-27H. The van der Waals surface area contributed by atoms with Gasteiger partial charge >= 0.3 is 0 Å². The molecule has 0 saturated carbocycles. The van der Waals surface area contributed by atoms with Gasteiger partial charge in [0.25, 0.3) is 0 Å². The number of rotatable bonds is 8. The zero-order chi connectivity index (χ0) is 66.0. The maximum atomic E-state index is 5.20. The quantitative estimate of drug-likeness (QED) is 0.107. The lowest BCUT2D eigenvalue weighted by molar-refractivity contribution is 1.26. The Balaban J connectivity index is 0.000000139. The summed E-state index contributed by atoms with van der Waals surface area (Å²) in [4.78, 5) is 50.8. The van der Waals surface area contributed by atoms with Crippen molar-refractivity contribution in [3.63, 3.8) is 0 Å². The van der Waals surface area contributed by atoms with Crippen LogP contribution in [0.4, 0.5) is 0 Å². The molecule has 100 heavy (non-hydrogen) atoms. The second-order valence-electron chi connectivity index (χ2n) is 25.0. The molecule has 10 heteroatoms. The molecule has 0 radical (unpaired) electrons. The molecule has 10 heterocycles. The van der Waals surface area contributed by atoms with E-state index in [1.807, 2.05) is 97.3 Å². The largest absolute Gasteiger partial charge is 0.254 e. The van der Waals surface area contributed by atoms with Crippen LogP contribution >= 0.6 is 0 Å². The van der Waals surface area contributed by atoms with Gasteiger partial charge in [0, 0.05) is 99.6 Å². The van der Waals surface area contributed by atoms with Gasteiger partial charge in [-0.15, -0.1) is 0 Å². The summed E-state index contributed by atoms with van der Waals surface area (Å²) in [6.45, 7) is 0. The molecule has 0 bridgehead atoms. The van der Waals surface area contributed by atoms with Crippen molar-refractivity contribution in [3.05, 3.63) is 328 Å². The SMILES string of the molecule is c1ccc(-c2ccc3ccc4ccc(-c5ccc(-c6ccc7ccc8c(-c9ccccc9)c9ccccc9nc8c7n6)cn5)nc4c3n2)cc1.c1ccc(-c2ccc3ccc4ccc(-c5ccc(-c6ccc7ccc8c(-c9ccccc9)c9ccccc9nc8c7n6)nc5)nc4c3n2)cc1. The third-order valence-electron chi connectivity index (χ3n) is 19.0. The first kappa shape index (κ1) is 57.7. The highest BCUT2D eigenvalue weighted by molar-refractivity contribution is 6.18. The van der Waals surface area contributed by atoms with Gasteiger partial charge in [0.1, 0.15) is 0 Å². The van der Waals surface area contributed by atoms with Gasteiger partial charge in [-0.05, 0) is 83.9 Å². The van der Waals surface area contributed by atoms with Crippen molar-refractivity contribution in [1.29, 1.82) is 0 Å². The molecule has 0 fully saturated rings. The fourth-order valence-electron chi connectivity index (χ4n) is 14.0. The summed E-state index contributed by atoms with van der Waals surface area (Å²) in [5.41, 5.74) is 24.3. The van der Waals surface area contributed by atoms with E-state index in [0.717, 1.165) is 188 Å². The molecule has 0 saturated heterocycles. The topological polar surface area (TPSA) is 129 Å². The summed E-state index contributed by atoms with van der Waals surface area (Å²) in [6.07, 6.45) is 3.76. The van der Waals surface area contributed by atoms with E-state index in [1.165, 1.54) is 11.1 Å². The predicted octanol–water partition coefficient (Wildman–Crippen LogP) is 22.2. The Bertz CT molecular complexity index is 6210. The average molecular weight is 1280 g/mol. The summed E-state index contributed by atoms with van der Waals surface area (Å²) in [6, 6.07) is 108. The monoisotopic (exact) mass is 1270 g/mol. The molecule has 0 aliphatic heterocycles. The molecule has 0 spiro atoms. The number of para-hydroxylation sites is 2. The number of pyridine rings is 10. The van der Waals surface area contributed by atoms with E-state index in [9.17, 15) is 0 Å². The second-order valence-corrected chi connectivity index (χ2v) is 25.0. The van der Waals surface area contributed by atoms with Gasteiger partial charge in [-0.25, -0.2) is 39.9 Å². The normalized spacial score (nSPS) is 11.6. The maximum Gasteiger partial charge on any atom is 0.0978 e. The summed E-state index contributed by atoms with van der Waals surface area (Å²) < 4.78 is 0. The van der Waals surface area contributed by atoms with E-state index in [2.05, 4.69) is 231 Å². The molecule has 0 amide bonds. The fourth-order valence-corrected chi connectivity index (χ4v) is 14.0. The molecular weight excluding hydrogens is 1220 g/mol. The Morgan fingerprint density at radius 2 is 0.410 bits per heavy atom. The van der Waals surface area contributed by atoms with Crippen molar-refractivity contribution in [2.45, 2.75) is 0 Å². The Hall–Kier alpha value is -13.7. The first-order chi connectivity index (χ1) is 49.5. The van der Waals surface area contributed by atoms with E-state index in [1.54, 1.807) is 0 Å². The second kappa shape index (κ2) is 24.2. The minimum Gasteiger partial charge on any atom is -0.254 e. The van der Waals surface area contributed by atoms with Crippen LogP contribution in [0.5, 0.6) is 0 Å². The van der Waals surface area contributed by atoms with Crippen molar-refractivity contribution in [2.24, 2.45) is 0 Å². The lowest BCUT2D eigenvalue weighted by Crippen LogP contribution is -1.94. The highest BCUT2D eigenvalue weighted by atomic mass is 14.8. The highest BCUT2D eigenvalue weighted by Crippen LogP contribution is 2.41. The molecule has 20 aromatic rings. The van der Waals surface area contributed by atoms with Crippen LogP contribution in [0.25, 0.3) is 199 Å². The molecule has 0 unspecified atom stereocenters. The van der Waals surface area contributed by atoms with Gasteiger partial charge in [0.15, 0.2) is 0 Å². The van der Waals surface area contributed by atoms with Gasteiger partial charge in [-0.1, -0.05) is 243 Å². The molecule has 0 aliphatic rings. The van der Waals surface area contributed by atoms with E-state index in [-0.39, 0.29) is 0 Å². The van der Waals surface area contributed by atoms with Crippen LogP contribution in [-0.4, -0.2) is 49.8 Å². The minimum atomic E-state index is 0.789.